The number of epoxide rings is 1. The Morgan fingerprint density at radius 1 is 1.75 bits per heavy atom. The molecule has 1 atom stereocenters. The minimum atomic E-state index is 0.446. The lowest BCUT2D eigenvalue weighted by atomic mass is 10.3. The van der Waals surface area contributed by atoms with Gasteiger partial charge in [-0.3, -0.25) is 0 Å². The first kappa shape index (κ1) is 4.53. The van der Waals surface area contributed by atoms with Gasteiger partial charge in [-0.15, -0.1) is 0 Å². The molecule has 2 heteroatoms. The van der Waals surface area contributed by atoms with E-state index in [4.69, 9.17) is 4.74 Å². The molecule has 0 saturated carbocycles. The quantitative estimate of drug-likeness (QED) is 0.523. The van der Waals surface area contributed by atoms with E-state index in [1.165, 1.54) is 5.56 Å². The molecule has 42 valence electrons. The summed E-state index contributed by atoms with van der Waals surface area (Å²) in [5, 5.41) is 4.22. The molecule has 1 aromatic rings. The van der Waals surface area contributed by atoms with E-state index < -0.39 is 0 Å². The van der Waals surface area contributed by atoms with Crippen LogP contribution in [0.5, 0.6) is 0 Å². The molecule has 0 N–H and O–H groups in total. The minimum absolute atomic E-state index is 0.446. The Morgan fingerprint density at radius 2 is 2.62 bits per heavy atom. The monoisotopic (exact) mass is 126 g/mol. The van der Waals surface area contributed by atoms with Crippen molar-refractivity contribution < 1.29 is 4.74 Å². The Hall–Kier alpha value is -0.340. The Balaban J connectivity index is 2.28. The Morgan fingerprint density at radius 3 is 3.12 bits per heavy atom. The first-order valence-electron chi connectivity index (χ1n) is 2.60. The summed E-state index contributed by atoms with van der Waals surface area (Å²) in [4.78, 5) is 0. The maximum Gasteiger partial charge on any atom is 0.107 e. The standard InChI is InChI=1S/C6H6OS/c1-2-8-4-5(1)6-3-7-6/h1-2,4,6H,3H2/t6-/m1/s1. The molecule has 1 saturated heterocycles. The summed E-state index contributed by atoms with van der Waals surface area (Å²) >= 11 is 1.73. The predicted octanol–water partition coefficient (Wildman–Crippen LogP) is 1.82. The van der Waals surface area contributed by atoms with Crippen LogP contribution in [-0.2, 0) is 4.74 Å². The Labute approximate surface area is 51.9 Å². The van der Waals surface area contributed by atoms with Gasteiger partial charge in [0.2, 0.25) is 0 Å². The van der Waals surface area contributed by atoms with Crippen molar-refractivity contribution >= 4 is 11.3 Å². The van der Waals surface area contributed by atoms with Gasteiger partial charge in [-0.05, 0) is 22.4 Å². The van der Waals surface area contributed by atoms with E-state index in [-0.39, 0.29) is 0 Å². The van der Waals surface area contributed by atoms with Crippen LogP contribution in [0.4, 0.5) is 0 Å². The van der Waals surface area contributed by atoms with E-state index in [0.29, 0.717) is 6.10 Å². The molecule has 1 aliphatic heterocycles. The molecule has 1 nitrogen and oxygen atoms in total. The van der Waals surface area contributed by atoms with Gasteiger partial charge in [0.1, 0.15) is 6.10 Å². The molecule has 0 amide bonds. The topological polar surface area (TPSA) is 12.5 Å². The van der Waals surface area contributed by atoms with Crippen LogP contribution < -0.4 is 0 Å². The summed E-state index contributed by atoms with van der Waals surface area (Å²) in [5.74, 6) is 0. The maximum absolute atomic E-state index is 5.06. The Bertz CT molecular complexity index is 165. The number of hydrogen-bond donors (Lipinski definition) is 0. The highest BCUT2D eigenvalue weighted by atomic mass is 32.1. The van der Waals surface area contributed by atoms with E-state index >= 15 is 0 Å². The average molecular weight is 126 g/mol. The first-order chi connectivity index (χ1) is 3.97. The van der Waals surface area contributed by atoms with Crippen LogP contribution >= 0.6 is 11.3 Å². The molecule has 0 unspecified atom stereocenters. The molecular weight excluding hydrogens is 120 g/mol. The number of thiophene rings is 1. The maximum atomic E-state index is 5.06. The van der Waals surface area contributed by atoms with Crippen LogP contribution in [0.25, 0.3) is 0 Å². The van der Waals surface area contributed by atoms with Crippen LogP contribution in [0.3, 0.4) is 0 Å². The van der Waals surface area contributed by atoms with Gasteiger partial charge < -0.3 is 4.74 Å². The van der Waals surface area contributed by atoms with Gasteiger partial charge in [-0.25, -0.2) is 0 Å². The van der Waals surface area contributed by atoms with Crippen molar-refractivity contribution in [2.45, 2.75) is 6.10 Å². The molecule has 1 aromatic heterocycles. The van der Waals surface area contributed by atoms with Gasteiger partial charge in [-0.2, -0.15) is 11.3 Å². The van der Waals surface area contributed by atoms with Crippen LogP contribution in [-0.4, -0.2) is 6.61 Å². The van der Waals surface area contributed by atoms with Crippen molar-refractivity contribution in [3.05, 3.63) is 22.4 Å². The highest BCUT2D eigenvalue weighted by Crippen LogP contribution is 2.30. The van der Waals surface area contributed by atoms with Crippen LogP contribution in [0.15, 0.2) is 16.8 Å². The molecular formula is C6H6OS. The first-order valence-corrected chi connectivity index (χ1v) is 3.55. The SMILES string of the molecule is c1cc([C@H]2CO2)cs1. The number of hydrogen-bond acceptors (Lipinski definition) is 2. The van der Waals surface area contributed by atoms with Gasteiger partial charge in [-0.1, -0.05) is 0 Å². The zero-order chi connectivity index (χ0) is 5.40. The molecule has 2 heterocycles. The van der Waals surface area contributed by atoms with E-state index in [1.807, 2.05) is 0 Å². The lowest BCUT2D eigenvalue weighted by Crippen LogP contribution is -1.68. The minimum Gasteiger partial charge on any atom is -0.368 e. The van der Waals surface area contributed by atoms with Crippen molar-refractivity contribution in [1.82, 2.24) is 0 Å². The molecule has 2 rings (SSSR count). The Kier molecular flexibility index (Phi) is 0.889. The second-order valence-electron chi connectivity index (χ2n) is 1.88. The van der Waals surface area contributed by atoms with Crippen LogP contribution in [0.1, 0.15) is 11.7 Å². The second kappa shape index (κ2) is 1.57. The summed E-state index contributed by atoms with van der Waals surface area (Å²) in [7, 11) is 0. The van der Waals surface area contributed by atoms with Crippen LogP contribution in [0.2, 0.25) is 0 Å². The van der Waals surface area contributed by atoms with Crippen molar-refractivity contribution in [2.75, 3.05) is 6.61 Å². The third-order valence-electron chi connectivity index (χ3n) is 1.25. The van der Waals surface area contributed by atoms with Crippen molar-refractivity contribution in [1.29, 1.82) is 0 Å². The summed E-state index contributed by atoms with van der Waals surface area (Å²) in [6.45, 7) is 0.927. The molecule has 0 aromatic carbocycles. The molecule has 1 aliphatic rings. The smallest absolute Gasteiger partial charge is 0.107 e. The second-order valence-corrected chi connectivity index (χ2v) is 2.66. The fourth-order valence-corrected chi connectivity index (χ4v) is 1.40. The average Bonchev–Trinajstić information content (AvgIpc) is 2.49. The fraction of sp³-hybridized carbons (Fsp3) is 0.333. The van der Waals surface area contributed by atoms with Gasteiger partial charge in [0.25, 0.3) is 0 Å². The van der Waals surface area contributed by atoms with E-state index in [1.54, 1.807) is 11.3 Å². The largest absolute Gasteiger partial charge is 0.368 e. The van der Waals surface area contributed by atoms with E-state index in [9.17, 15) is 0 Å². The highest BCUT2D eigenvalue weighted by molar-refractivity contribution is 7.07. The van der Waals surface area contributed by atoms with Crippen molar-refractivity contribution in [3.63, 3.8) is 0 Å². The lowest BCUT2D eigenvalue weighted by molar-refractivity contribution is 0.416. The molecule has 0 bridgehead atoms. The van der Waals surface area contributed by atoms with Crippen molar-refractivity contribution in [3.8, 4) is 0 Å². The third-order valence-corrected chi connectivity index (χ3v) is 1.95. The van der Waals surface area contributed by atoms with E-state index in [0.717, 1.165) is 6.61 Å². The van der Waals surface area contributed by atoms with Gasteiger partial charge >= 0.3 is 0 Å². The fourth-order valence-electron chi connectivity index (χ4n) is 0.699. The third kappa shape index (κ3) is 0.659. The molecule has 8 heavy (non-hydrogen) atoms. The van der Waals surface area contributed by atoms with E-state index in [2.05, 4.69) is 16.8 Å². The molecule has 1 fully saturated rings. The molecule has 0 spiro atoms. The lowest BCUT2D eigenvalue weighted by Gasteiger charge is -1.79. The van der Waals surface area contributed by atoms with Gasteiger partial charge in [0, 0.05) is 0 Å². The predicted molar refractivity (Wildman–Crippen MR) is 33.0 cm³/mol. The zero-order valence-electron chi connectivity index (χ0n) is 4.33. The summed E-state index contributed by atoms with van der Waals surface area (Å²) < 4.78 is 5.06. The highest BCUT2D eigenvalue weighted by Gasteiger charge is 2.24. The number of ether oxygens (including phenoxy) is 1. The summed E-state index contributed by atoms with van der Waals surface area (Å²) in [6.07, 6.45) is 0.446. The summed E-state index contributed by atoms with van der Waals surface area (Å²) in [5.41, 5.74) is 1.34. The molecule has 0 aliphatic carbocycles. The van der Waals surface area contributed by atoms with Crippen molar-refractivity contribution in [2.24, 2.45) is 0 Å². The van der Waals surface area contributed by atoms with Crippen LogP contribution in [0, 0.1) is 0 Å². The van der Waals surface area contributed by atoms with Gasteiger partial charge in [0.15, 0.2) is 0 Å². The summed E-state index contributed by atoms with van der Waals surface area (Å²) in [6, 6.07) is 2.11. The van der Waals surface area contributed by atoms with Gasteiger partial charge in [0.05, 0.1) is 6.61 Å². The normalized spacial score (nSPS) is 25.8. The number of rotatable bonds is 1. The zero-order valence-corrected chi connectivity index (χ0v) is 5.15. The molecule has 0 radical (unpaired) electrons.